The van der Waals surface area contributed by atoms with Gasteiger partial charge in [0.15, 0.2) is 0 Å². The normalized spacial score (nSPS) is 11.6. The van der Waals surface area contributed by atoms with Gasteiger partial charge in [-0.25, -0.2) is 4.79 Å². The number of urea groups is 1. The number of rotatable bonds is 5. The van der Waals surface area contributed by atoms with Crippen LogP contribution in [-0.2, 0) is 0 Å². The predicted octanol–water partition coefficient (Wildman–Crippen LogP) is 3.10. The second-order valence-electron chi connectivity index (χ2n) is 4.71. The van der Waals surface area contributed by atoms with Gasteiger partial charge in [0.1, 0.15) is 0 Å². The van der Waals surface area contributed by atoms with Gasteiger partial charge in [0.05, 0.1) is 11.0 Å². The van der Waals surface area contributed by atoms with Gasteiger partial charge in [0.2, 0.25) is 0 Å². The van der Waals surface area contributed by atoms with Gasteiger partial charge in [-0.2, -0.15) is 0 Å². The molecule has 1 atom stereocenters. The van der Waals surface area contributed by atoms with Crippen LogP contribution in [0.15, 0.2) is 48.5 Å². The van der Waals surface area contributed by atoms with Crippen LogP contribution in [0, 0.1) is 10.1 Å². The summed E-state index contributed by atoms with van der Waals surface area (Å²) in [6.07, 6.45) is -0.966. The minimum absolute atomic E-state index is 0.0305. The number of nitrogens with one attached hydrogen (secondary N) is 2. The van der Waals surface area contributed by atoms with E-state index in [1.807, 2.05) is 0 Å². The maximum atomic E-state index is 11.7. The SMILES string of the molecule is O=C(NC[C@H](O)c1ccc([N+](=O)[O-])cc1)Nc1ccc(Cl)cc1. The molecule has 0 aliphatic heterocycles. The number of carbonyl (C=O) groups excluding carboxylic acids is 1. The highest BCUT2D eigenvalue weighted by molar-refractivity contribution is 6.30. The molecule has 0 fully saturated rings. The first kappa shape index (κ1) is 16.7. The molecular formula is C15H14ClN3O4. The summed E-state index contributed by atoms with van der Waals surface area (Å²) in [5, 5.41) is 26.2. The third-order valence-electron chi connectivity index (χ3n) is 3.05. The summed E-state index contributed by atoms with van der Waals surface area (Å²) < 4.78 is 0. The summed E-state index contributed by atoms with van der Waals surface area (Å²) in [5.74, 6) is 0. The highest BCUT2D eigenvalue weighted by Gasteiger charge is 2.12. The van der Waals surface area contributed by atoms with Crippen molar-refractivity contribution in [3.05, 3.63) is 69.2 Å². The third kappa shape index (κ3) is 4.94. The molecule has 0 heterocycles. The van der Waals surface area contributed by atoms with Crippen LogP contribution in [-0.4, -0.2) is 22.6 Å². The lowest BCUT2D eigenvalue weighted by molar-refractivity contribution is -0.384. The van der Waals surface area contributed by atoms with E-state index in [1.54, 1.807) is 24.3 Å². The number of benzene rings is 2. The van der Waals surface area contributed by atoms with Crippen molar-refractivity contribution in [2.24, 2.45) is 0 Å². The van der Waals surface area contributed by atoms with Gasteiger partial charge in [-0.15, -0.1) is 0 Å². The van der Waals surface area contributed by atoms with E-state index in [4.69, 9.17) is 11.6 Å². The molecule has 2 amide bonds. The molecule has 0 aromatic heterocycles. The van der Waals surface area contributed by atoms with Crippen LogP contribution in [0.4, 0.5) is 16.2 Å². The molecular weight excluding hydrogens is 322 g/mol. The number of anilines is 1. The van der Waals surface area contributed by atoms with Crippen LogP contribution >= 0.6 is 11.6 Å². The first-order chi connectivity index (χ1) is 11.0. The minimum Gasteiger partial charge on any atom is -0.387 e. The molecule has 0 saturated carbocycles. The average Bonchev–Trinajstić information content (AvgIpc) is 2.55. The number of nitrogens with zero attached hydrogens (tertiary/aromatic N) is 1. The second-order valence-corrected chi connectivity index (χ2v) is 5.14. The summed E-state index contributed by atoms with van der Waals surface area (Å²) in [5.41, 5.74) is 0.980. The van der Waals surface area contributed by atoms with Crippen molar-refractivity contribution in [2.45, 2.75) is 6.10 Å². The van der Waals surface area contributed by atoms with Gasteiger partial charge < -0.3 is 15.7 Å². The van der Waals surface area contributed by atoms with Gasteiger partial charge in [-0.3, -0.25) is 10.1 Å². The van der Waals surface area contributed by atoms with Crippen LogP contribution in [0.5, 0.6) is 0 Å². The molecule has 0 bridgehead atoms. The molecule has 120 valence electrons. The quantitative estimate of drug-likeness (QED) is 0.576. The van der Waals surface area contributed by atoms with Crippen molar-refractivity contribution < 1.29 is 14.8 Å². The highest BCUT2D eigenvalue weighted by atomic mass is 35.5. The molecule has 0 saturated heterocycles. The van der Waals surface area contributed by atoms with Crippen molar-refractivity contribution in [3.8, 4) is 0 Å². The monoisotopic (exact) mass is 335 g/mol. The standard InChI is InChI=1S/C15H14ClN3O4/c16-11-3-5-12(6-4-11)18-15(21)17-9-14(20)10-1-7-13(8-2-10)19(22)23/h1-8,14,20H,9H2,(H2,17,18,21)/t14-/m0/s1. The fourth-order valence-corrected chi connectivity index (χ4v) is 1.96. The number of aliphatic hydroxyl groups excluding tert-OH is 1. The van der Waals surface area contributed by atoms with Gasteiger partial charge in [0, 0.05) is 29.4 Å². The highest BCUT2D eigenvalue weighted by Crippen LogP contribution is 2.17. The molecule has 0 aliphatic carbocycles. The van der Waals surface area contributed by atoms with E-state index < -0.39 is 17.1 Å². The topological polar surface area (TPSA) is 104 Å². The molecule has 8 heteroatoms. The fourth-order valence-electron chi connectivity index (χ4n) is 1.83. The average molecular weight is 336 g/mol. The Balaban J connectivity index is 1.85. The number of hydrogen-bond acceptors (Lipinski definition) is 4. The summed E-state index contributed by atoms with van der Waals surface area (Å²) in [6.45, 7) is -0.0305. The molecule has 2 rings (SSSR count). The Labute approximate surface area is 137 Å². The third-order valence-corrected chi connectivity index (χ3v) is 3.30. The minimum atomic E-state index is -0.966. The number of nitro groups is 1. The molecule has 3 N–H and O–H groups in total. The number of amides is 2. The van der Waals surface area contributed by atoms with E-state index in [1.165, 1.54) is 24.3 Å². The molecule has 0 aliphatic rings. The second kappa shape index (κ2) is 7.57. The smallest absolute Gasteiger partial charge is 0.319 e. The van der Waals surface area contributed by atoms with Crippen molar-refractivity contribution in [1.29, 1.82) is 0 Å². The summed E-state index contributed by atoms with van der Waals surface area (Å²) in [7, 11) is 0. The van der Waals surface area contributed by atoms with E-state index >= 15 is 0 Å². The Kier molecular flexibility index (Phi) is 5.51. The van der Waals surface area contributed by atoms with Gasteiger partial charge >= 0.3 is 6.03 Å². The van der Waals surface area contributed by atoms with Gasteiger partial charge in [0.25, 0.3) is 5.69 Å². The van der Waals surface area contributed by atoms with Crippen LogP contribution in [0.1, 0.15) is 11.7 Å². The first-order valence-electron chi connectivity index (χ1n) is 6.68. The van der Waals surface area contributed by atoms with Crippen molar-refractivity contribution >= 4 is 29.0 Å². The Hall–Kier alpha value is -2.64. The molecule has 0 unspecified atom stereocenters. The van der Waals surface area contributed by atoms with E-state index in [2.05, 4.69) is 10.6 Å². The van der Waals surface area contributed by atoms with Gasteiger partial charge in [-0.05, 0) is 42.0 Å². The number of nitro benzene ring substituents is 1. The summed E-state index contributed by atoms with van der Waals surface area (Å²) in [4.78, 5) is 21.8. The molecule has 2 aromatic rings. The molecule has 0 radical (unpaired) electrons. The Morgan fingerprint density at radius 1 is 1.17 bits per heavy atom. The van der Waals surface area contributed by atoms with Crippen LogP contribution < -0.4 is 10.6 Å². The first-order valence-corrected chi connectivity index (χ1v) is 7.06. The number of non-ortho nitro benzene ring substituents is 1. The lowest BCUT2D eigenvalue weighted by Crippen LogP contribution is -2.32. The maximum absolute atomic E-state index is 11.7. The Morgan fingerprint density at radius 2 is 1.78 bits per heavy atom. The van der Waals surface area contributed by atoms with E-state index in [9.17, 15) is 20.0 Å². The van der Waals surface area contributed by atoms with Crippen molar-refractivity contribution in [3.63, 3.8) is 0 Å². The van der Waals surface area contributed by atoms with Crippen molar-refractivity contribution in [1.82, 2.24) is 5.32 Å². The number of halogens is 1. The lowest BCUT2D eigenvalue weighted by Gasteiger charge is -2.13. The van der Waals surface area contributed by atoms with E-state index in [0.29, 0.717) is 16.3 Å². The molecule has 2 aromatic carbocycles. The van der Waals surface area contributed by atoms with Crippen LogP contribution in [0.3, 0.4) is 0 Å². The zero-order chi connectivity index (χ0) is 16.8. The van der Waals surface area contributed by atoms with Crippen LogP contribution in [0.25, 0.3) is 0 Å². The zero-order valence-electron chi connectivity index (χ0n) is 11.9. The summed E-state index contributed by atoms with van der Waals surface area (Å²) in [6, 6.07) is 11.6. The summed E-state index contributed by atoms with van der Waals surface area (Å²) >= 11 is 5.75. The van der Waals surface area contributed by atoms with Gasteiger partial charge in [-0.1, -0.05) is 11.6 Å². The number of aliphatic hydroxyl groups is 1. The van der Waals surface area contributed by atoms with E-state index in [0.717, 1.165) is 0 Å². The van der Waals surface area contributed by atoms with Crippen LogP contribution in [0.2, 0.25) is 5.02 Å². The Bertz CT molecular complexity index is 689. The number of carbonyl (C=O) groups is 1. The predicted molar refractivity (Wildman–Crippen MR) is 86.5 cm³/mol. The molecule has 7 nitrogen and oxygen atoms in total. The van der Waals surface area contributed by atoms with E-state index in [-0.39, 0.29) is 12.2 Å². The maximum Gasteiger partial charge on any atom is 0.319 e. The fraction of sp³-hybridized carbons (Fsp3) is 0.133. The Morgan fingerprint density at radius 3 is 2.35 bits per heavy atom. The lowest BCUT2D eigenvalue weighted by atomic mass is 10.1. The zero-order valence-corrected chi connectivity index (χ0v) is 12.7. The largest absolute Gasteiger partial charge is 0.387 e. The van der Waals surface area contributed by atoms with Crippen molar-refractivity contribution in [2.75, 3.05) is 11.9 Å². The molecule has 0 spiro atoms. The number of hydrogen-bond donors (Lipinski definition) is 3. The molecule has 23 heavy (non-hydrogen) atoms.